The molecule has 0 saturated carbocycles. The van der Waals surface area contributed by atoms with Gasteiger partial charge in [0.25, 0.3) is 15.9 Å². The third kappa shape index (κ3) is 4.52. The number of nitrogens with one attached hydrogen (secondary N) is 2. The van der Waals surface area contributed by atoms with Gasteiger partial charge in [0.15, 0.2) is 0 Å². The molecule has 12 heteroatoms. The minimum atomic E-state index is -3.92. The first-order valence-electron chi connectivity index (χ1n) is 9.86. The van der Waals surface area contributed by atoms with Crippen LogP contribution in [-0.2, 0) is 10.0 Å². The van der Waals surface area contributed by atoms with Crippen LogP contribution >= 0.6 is 23.2 Å². The van der Waals surface area contributed by atoms with Gasteiger partial charge in [0.05, 0.1) is 20.6 Å². The first-order valence-corrected chi connectivity index (χ1v) is 12.1. The van der Waals surface area contributed by atoms with E-state index in [0.717, 1.165) is 0 Å². The highest BCUT2D eigenvalue weighted by molar-refractivity contribution is 7.92. The summed E-state index contributed by atoms with van der Waals surface area (Å²) in [5.41, 5.74) is 2.25. The maximum Gasteiger partial charge on any atom is 0.264 e. The Labute approximate surface area is 205 Å². The van der Waals surface area contributed by atoms with Crippen molar-refractivity contribution in [2.24, 2.45) is 0 Å². The molecule has 9 nitrogen and oxygen atoms in total. The average Bonchev–Trinajstić information content (AvgIpc) is 3.31. The maximum atomic E-state index is 13.0. The minimum absolute atomic E-state index is 0.0244. The van der Waals surface area contributed by atoms with Gasteiger partial charge in [-0.3, -0.25) is 4.79 Å². The molecule has 4 aromatic rings. The Morgan fingerprint density at radius 1 is 0.941 bits per heavy atom. The summed E-state index contributed by atoms with van der Waals surface area (Å²) in [6.45, 7) is 4.99. The van der Waals surface area contributed by atoms with E-state index in [0.29, 0.717) is 32.6 Å². The van der Waals surface area contributed by atoms with Crippen molar-refractivity contribution in [2.75, 3.05) is 10.0 Å². The predicted molar refractivity (Wildman–Crippen MR) is 128 cm³/mol. The fourth-order valence-electron chi connectivity index (χ4n) is 3.14. The van der Waals surface area contributed by atoms with Gasteiger partial charge in [-0.15, -0.1) is 0 Å². The predicted octanol–water partition coefficient (Wildman–Crippen LogP) is 5.61. The summed E-state index contributed by atoms with van der Waals surface area (Å²) in [6, 6.07) is 10.5. The molecule has 2 heterocycles. The van der Waals surface area contributed by atoms with Crippen LogP contribution < -0.4 is 10.0 Å². The Bertz CT molecular complexity index is 1470. The molecule has 0 bridgehead atoms. The van der Waals surface area contributed by atoms with Crippen LogP contribution in [0.1, 0.15) is 27.4 Å². The van der Waals surface area contributed by atoms with Crippen molar-refractivity contribution >= 4 is 50.7 Å². The molecule has 0 spiro atoms. The molecular weight excluding hydrogens is 503 g/mol. The fourth-order valence-corrected chi connectivity index (χ4v) is 4.76. The Morgan fingerprint density at radius 3 is 2.18 bits per heavy atom. The standard InChI is InChI=1S/C22H18Cl2N4O5S/c1-11-12(2)26-33-22(11)28-34(30,31)15-9-7-14(8-10-15)25-21(29)18-13(3)32-27-20(18)19-16(23)5-4-6-17(19)24/h4-10,28H,1-3H3,(H,25,29). The monoisotopic (exact) mass is 520 g/mol. The number of carbonyl (C=O) groups is 1. The molecule has 0 aliphatic heterocycles. The van der Waals surface area contributed by atoms with Crippen LogP contribution in [0, 0.1) is 20.8 Å². The van der Waals surface area contributed by atoms with E-state index in [1.54, 1.807) is 39.0 Å². The second-order valence-electron chi connectivity index (χ2n) is 7.37. The van der Waals surface area contributed by atoms with E-state index in [9.17, 15) is 13.2 Å². The summed E-state index contributed by atoms with van der Waals surface area (Å²) in [4.78, 5) is 13.0. The number of hydrogen-bond acceptors (Lipinski definition) is 7. The number of nitrogens with zero attached hydrogens (tertiary/aromatic N) is 2. The summed E-state index contributed by atoms with van der Waals surface area (Å²) >= 11 is 12.5. The number of rotatable bonds is 6. The number of aryl methyl sites for hydroxylation is 2. The van der Waals surface area contributed by atoms with Crippen LogP contribution in [0.25, 0.3) is 11.3 Å². The lowest BCUT2D eigenvalue weighted by Gasteiger charge is -2.09. The van der Waals surface area contributed by atoms with Crippen LogP contribution in [0.15, 0.2) is 56.4 Å². The summed E-state index contributed by atoms with van der Waals surface area (Å²) in [5.74, 6) is -0.209. The molecule has 2 aromatic heterocycles. The van der Waals surface area contributed by atoms with Gasteiger partial charge < -0.3 is 14.4 Å². The number of sulfonamides is 1. The average molecular weight is 521 g/mol. The topological polar surface area (TPSA) is 127 Å². The smallest absolute Gasteiger partial charge is 0.264 e. The fraction of sp³-hybridized carbons (Fsp3) is 0.136. The molecule has 2 N–H and O–H groups in total. The lowest BCUT2D eigenvalue weighted by Crippen LogP contribution is -2.15. The van der Waals surface area contributed by atoms with E-state index in [-0.39, 0.29) is 27.8 Å². The molecule has 1 amide bonds. The second-order valence-corrected chi connectivity index (χ2v) is 9.86. The second kappa shape index (κ2) is 9.13. The Balaban J connectivity index is 1.57. The van der Waals surface area contributed by atoms with Crippen LogP contribution in [0.3, 0.4) is 0 Å². The van der Waals surface area contributed by atoms with Gasteiger partial charge in [-0.1, -0.05) is 39.6 Å². The van der Waals surface area contributed by atoms with Gasteiger partial charge in [0.2, 0.25) is 5.88 Å². The van der Waals surface area contributed by atoms with Gasteiger partial charge in [-0.25, -0.2) is 13.1 Å². The number of hydrogen-bond donors (Lipinski definition) is 2. The molecule has 0 unspecified atom stereocenters. The van der Waals surface area contributed by atoms with E-state index >= 15 is 0 Å². The van der Waals surface area contributed by atoms with Crippen molar-refractivity contribution in [1.29, 1.82) is 0 Å². The zero-order valence-corrected chi connectivity index (χ0v) is 20.5. The molecule has 34 heavy (non-hydrogen) atoms. The van der Waals surface area contributed by atoms with E-state index in [1.165, 1.54) is 24.3 Å². The van der Waals surface area contributed by atoms with E-state index < -0.39 is 15.9 Å². The van der Waals surface area contributed by atoms with Gasteiger partial charge in [0.1, 0.15) is 17.0 Å². The van der Waals surface area contributed by atoms with Crippen molar-refractivity contribution in [3.63, 3.8) is 0 Å². The largest absolute Gasteiger partial charge is 0.360 e. The molecule has 0 aliphatic rings. The van der Waals surface area contributed by atoms with E-state index in [1.807, 2.05) is 0 Å². The van der Waals surface area contributed by atoms with Crippen molar-refractivity contribution in [3.8, 4) is 11.3 Å². The third-order valence-corrected chi connectivity index (χ3v) is 7.07. The highest BCUT2D eigenvalue weighted by atomic mass is 35.5. The molecule has 0 aliphatic carbocycles. The number of amides is 1. The first-order chi connectivity index (χ1) is 16.1. The lowest BCUT2D eigenvalue weighted by atomic mass is 10.1. The van der Waals surface area contributed by atoms with Crippen molar-refractivity contribution in [2.45, 2.75) is 25.7 Å². The van der Waals surface area contributed by atoms with Crippen molar-refractivity contribution in [3.05, 3.63) is 75.1 Å². The van der Waals surface area contributed by atoms with E-state index in [2.05, 4.69) is 20.4 Å². The lowest BCUT2D eigenvalue weighted by molar-refractivity contribution is 0.102. The van der Waals surface area contributed by atoms with E-state index in [4.69, 9.17) is 32.2 Å². The normalized spacial score (nSPS) is 11.4. The zero-order chi connectivity index (χ0) is 24.6. The summed E-state index contributed by atoms with van der Waals surface area (Å²) in [5, 5.41) is 11.0. The van der Waals surface area contributed by atoms with Crippen molar-refractivity contribution in [1.82, 2.24) is 10.3 Å². The summed E-state index contributed by atoms with van der Waals surface area (Å²) in [6.07, 6.45) is 0. The molecule has 0 atom stereocenters. The van der Waals surface area contributed by atoms with Crippen LogP contribution in [-0.4, -0.2) is 24.6 Å². The molecule has 2 aromatic carbocycles. The maximum absolute atomic E-state index is 13.0. The Kier molecular flexibility index (Phi) is 6.39. The summed E-state index contributed by atoms with van der Waals surface area (Å²) in [7, 11) is -3.92. The number of halogens is 2. The molecule has 176 valence electrons. The van der Waals surface area contributed by atoms with Gasteiger partial charge in [-0.2, -0.15) is 0 Å². The number of carbonyl (C=O) groups excluding carboxylic acids is 1. The van der Waals surface area contributed by atoms with Crippen LogP contribution in [0.2, 0.25) is 10.0 Å². The molecule has 4 rings (SSSR count). The Hall–Kier alpha value is -3.34. The number of anilines is 2. The highest BCUT2D eigenvalue weighted by Crippen LogP contribution is 2.37. The Morgan fingerprint density at radius 2 is 1.59 bits per heavy atom. The summed E-state index contributed by atoms with van der Waals surface area (Å²) < 4.78 is 37.9. The minimum Gasteiger partial charge on any atom is -0.360 e. The highest BCUT2D eigenvalue weighted by Gasteiger charge is 2.25. The van der Waals surface area contributed by atoms with Crippen molar-refractivity contribution < 1.29 is 22.3 Å². The number of benzene rings is 2. The quantitative estimate of drug-likeness (QED) is 0.337. The molecular formula is C22H18Cl2N4O5S. The third-order valence-electron chi connectivity index (χ3n) is 5.10. The SMILES string of the molecule is Cc1noc(NS(=O)(=O)c2ccc(NC(=O)c3c(-c4c(Cl)cccc4Cl)noc3C)cc2)c1C. The van der Waals surface area contributed by atoms with Gasteiger partial charge in [-0.05, 0) is 57.2 Å². The molecule has 0 radical (unpaired) electrons. The molecule has 0 saturated heterocycles. The van der Waals surface area contributed by atoms with Gasteiger partial charge >= 0.3 is 0 Å². The molecule has 0 fully saturated rings. The van der Waals surface area contributed by atoms with Gasteiger partial charge in [0, 0.05) is 16.8 Å². The number of aromatic nitrogens is 2. The zero-order valence-electron chi connectivity index (χ0n) is 18.1. The van der Waals surface area contributed by atoms with Crippen LogP contribution in [0.4, 0.5) is 11.6 Å². The van der Waals surface area contributed by atoms with Crippen LogP contribution in [0.5, 0.6) is 0 Å². The first kappa shape index (κ1) is 23.8.